The highest BCUT2D eigenvalue weighted by molar-refractivity contribution is 7.19. The van der Waals surface area contributed by atoms with Crippen LogP contribution in [0.15, 0.2) is 18.2 Å². The van der Waals surface area contributed by atoms with Gasteiger partial charge in [0, 0.05) is 9.58 Å². The van der Waals surface area contributed by atoms with Gasteiger partial charge in [-0.3, -0.25) is 0 Å². The van der Waals surface area contributed by atoms with Crippen LogP contribution in [0.4, 0.5) is 0 Å². The van der Waals surface area contributed by atoms with Gasteiger partial charge in [0.05, 0.1) is 6.61 Å². The minimum absolute atomic E-state index is 0.159. The van der Waals surface area contributed by atoms with E-state index in [4.69, 9.17) is 0 Å². The molecule has 74 valence electrons. The summed E-state index contributed by atoms with van der Waals surface area (Å²) in [6.07, 6.45) is 1.01. The number of fused-ring (bicyclic) bond motifs is 1. The first-order valence-corrected chi connectivity index (χ1v) is 5.70. The number of hydrogen-bond donors (Lipinski definition) is 1. The lowest BCUT2D eigenvalue weighted by Gasteiger charge is -1.97. The Morgan fingerprint density at radius 2 is 2.14 bits per heavy atom. The van der Waals surface area contributed by atoms with E-state index in [2.05, 4.69) is 32.0 Å². The SMILES string of the molecule is CCc1sc2c(C)cccc2c1CO. The van der Waals surface area contributed by atoms with E-state index in [1.54, 1.807) is 0 Å². The molecule has 1 aromatic carbocycles. The molecular formula is C12H14OS. The molecule has 1 heterocycles. The second kappa shape index (κ2) is 3.71. The lowest BCUT2D eigenvalue weighted by Crippen LogP contribution is -1.85. The molecule has 1 nitrogen and oxygen atoms in total. The van der Waals surface area contributed by atoms with Crippen molar-refractivity contribution in [1.29, 1.82) is 0 Å². The van der Waals surface area contributed by atoms with Gasteiger partial charge < -0.3 is 5.11 Å². The standard InChI is InChI=1S/C12H14OS/c1-3-11-10(7-13)9-6-4-5-8(2)12(9)14-11/h4-6,13H,3,7H2,1-2H3. The molecule has 14 heavy (non-hydrogen) atoms. The fourth-order valence-corrected chi connectivity index (χ4v) is 3.04. The third-order valence-electron chi connectivity index (χ3n) is 2.58. The van der Waals surface area contributed by atoms with E-state index in [1.807, 2.05) is 11.3 Å². The molecule has 0 aliphatic carbocycles. The highest BCUT2D eigenvalue weighted by Gasteiger charge is 2.10. The van der Waals surface area contributed by atoms with Crippen LogP contribution >= 0.6 is 11.3 Å². The Labute approximate surface area is 88.0 Å². The van der Waals surface area contributed by atoms with E-state index in [0.717, 1.165) is 12.0 Å². The lowest BCUT2D eigenvalue weighted by molar-refractivity contribution is 0.283. The molecule has 0 radical (unpaired) electrons. The molecule has 0 saturated carbocycles. The zero-order valence-corrected chi connectivity index (χ0v) is 9.32. The van der Waals surface area contributed by atoms with Crippen molar-refractivity contribution in [3.8, 4) is 0 Å². The van der Waals surface area contributed by atoms with Crippen molar-refractivity contribution < 1.29 is 5.11 Å². The first kappa shape index (κ1) is 9.69. The summed E-state index contributed by atoms with van der Waals surface area (Å²) in [5.74, 6) is 0. The largest absolute Gasteiger partial charge is 0.392 e. The van der Waals surface area contributed by atoms with Crippen molar-refractivity contribution >= 4 is 21.4 Å². The van der Waals surface area contributed by atoms with Crippen LogP contribution in [0.5, 0.6) is 0 Å². The minimum atomic E-state index is 0.159. The summed E-state index contributed by atoms with van der Waals surface area (Å²) in [5.41, 5.74) is 2.43. The molecular weight excluding hydrogens is 192 g/mol. The van der Waals surface area contributed by atoms with Crippen LogP contribution < -0.4 is 0 Å². The van der Waals surface area contributed by atoms with Gasteiger partial charge in [-0.25, -0.2) is 0 Å². The number of aliphatic hydroxyl groups is 1. The Balaban J connectivity index is 2.79. The average molecular weight is 206 g/mol. The van der Waals surface area contributed by atoms with E-state index in [-0.39, 0.29) is 6.61 Å². The number of thiophene rings is 1. The van der Waals surface area contributed by atoms with Crippen LogP contribution in [0.3, 0.4) is 0 Å². The predicted molar refractivity (Wildman–Crippen MR) is 61.9 cm³/mol. The summed E-state index contributed by atoms with van der Waals surface area (Å²) in [5, 5.41) is 10.6. The molecule has 0 aliphatic heterocycles. The van der Waals surface area contributed by atoms with Crippen molar-refractivity contribution in [2.75, 3.05) is 0 Å². The first-order valence-electron chi connectivity index (χ1n) is 4.88. The number of hydrogen-bond acceptors (Lipinski definition) is 2. The number of aryl methyl sites for hydroxylation is 2. The van der Waals surface area contributed by atoms with E-state index >= 15 is 0 Å². The van der Waals surface area contributed by atoms with Crippen LogP contribution in [0, 0.1) is 6.92 Å². The Bertz CT molecular complexity index is 457. The number of benzene rings is 1. The summed E-state index contributed by atoms with van der Waals surface area (Å²) in [4.78, 5) is 1.32. The van der Waals surface area contributed by atoms with E-state index in [1.165, 1.54) is 20.5 Å². The van der Waals surface area contributed by atoms with Gasteiger partial charge >= 0.3 is 0 Å². The van der Waals surface area contributed by atoms with E-state index in [0.29, 0.717) is 0 Å². The summed E-state index contributed by atoms with van der Waals surface area (Å²) in [6.45, 7) is 4.42. The van der Waals surface area contributed by atoms with Crippen LogP contribution in [0.2, 0.25) is 0 Å². The quantitative estimate of drug-likeness (QED) is 0.799. The Hall–Kier alpha value is -0.860. The molecule has 2 rings (SSSR count). The Morgan fingerprint density at radius 1 is 1.36 bits per heavy atom. The second-order valence-electron chi connectivity index (χ2n) is 3.47. The van der Waals surface area contributed by atoms with Gasteiger partial charge in [0.15, 0.2) is 0 Å². The van der Waals surface area contributed by atoms with Gasteiger partial charge in [-0.1, -0.05) is 25.1 Å². The van der Waals surface area contributed by atoms with Crippen molar-refractivity contribution in [2.24, 2.45) is 0 Å². The predicted octanol–water partition coefficient (Wildman–Crippen LogP) is 3.26. The van der Waals surface area contributed by atoms with E-state index < -0.39 is 0 Å². The molecule has 0 bridgehead atoms. The molecule has 0 aliphatic rings. The zero-order valence-electron chi connectivity index (χ0n) is 8.50. The van der Waals surface area contributed by atoms with Crippen LogP contribution in [0.1, 0.15) is 22.9 Å². The lowest BCUT2D eigenvalue weighted by atomic mass is 10.1. The highest BCUT2D eigenvalue weighted by atomic mass is 32.1. The molecule has 2 heteroatoms. The van der Waals surface area contributed by atoms with Gasteiger partial charge in [0.1, 0.15) is 0 Å². The molecule has 1 N–H and O–H groups in total. The van der Waals surface area contributed by atoms with Crippen molar-refractivity contribution in [2.45, 2.75) is 26.9 Å². The second-order valence-corrected chi connectivity index (χ2v) is 4.57. The molecule has 0 amide bonds. The first-order chi connectivity index (χ1) is 6.77. The van der Waals surface area contributed by atoms with Crippen molar-refractivity contribution in [3.63, 3.8) is 0 Å². The topological polar surface area (TPSA) is 20.2 Å². The third kappa shape index (κ3) is 1.35. The summed E-state index contributed by atoms with van der Waals surface area (Å²) < 4.78 is 1.33. The fourth-order valence-electron chi connectivity index (χ4n) is 1.82. The van der Waals surface area contributed by atoms with Crippen LogP contribution in [0.25, 0.3) is 10.1 Å². The summed E-state index contributed by atoms with van der Waals surface area (Å²) >= 11 is 1.82. The minimum Gasteiger partial charge on any atom is -0.392 e. The average Bonchev–Trinajstić information content (AvgIpc) is 2.57. The normalized spacial score (nSPS) is 11.1. The summed E-state index contributed by atoms with van der Waals surface area (Å²) in [7, 11) is 0. The van der Waals surface area contributed by atoms with Gasteiger partial charge in [-0.15, -0.1) is 11.3 Å². The number of rotatable bonds is 2. The Kier molecular flexibility index (Phi) is 2.57. The van der Waals surface area contributed by atoms with Crippen LogP contribution in [-0.4, -0.2) is 5.11 Å². The maximum absolute atomic E-state index is 9.33. The van der Waals surface area contributed by atoms with Gasteiger partial charge in [0.25, 0.3) is 0 Å². The maximum Gasteiger partial charge on any atom is 0.0698 e. The maximum atomic E-state index is 9.33. The zero-order chi connectivity index (χ0) is 10.1. The molecule has 2 aromatic rings. The Morgan fingerprint density at radius 3 is 2.79 bits per heavy atom. The molecule has 1 aromatic heterocycles. The number of aliphatic hydroxyl groups excluding tert-OH is 1. The van der Waals surface area contributed by atoms with Gasteiger partial charge in [-0.2, -0.15) is 0 Å². The van der Waals surface area contributed by atoms with E-state index in [9.17, 15) is 5.11 Å². The highest BCUT2D eigenvalue weighted by Crippen LogP contribution is 2.33. The summed E-state index contributed by atoms with van der Waals surface area (Å²) in [6, 6.07) is 6.28. The van der Waals surface area contributed by atoms with Crippen LogP contribution in [-0.2, 0) is 13.0 Å². The van der Waals surface area contributed by atoms with Crippen molar-refractivity contribution in [1.82, 2.24) is 0 Å². The fraction of sp³-hybridized carbons (Fsp3) is 0.333. The smallest absolute Gasteiger partial charge is 0.0698 e. The molecule has 0 saturated heterocycles. The van der Waals surface area contributed by atoms with Gasteiger partial charge in [0.2, 0.25) is 0 Å². The molecule has 0 unspecified atom stereocenters. The van der Waals surface area contributed by atoms with Crippen molar-refractivity contribution in [3.05, 3.63) is 34.2 Å². The molecule has 0 fully saturated rings. The molecule has 0 atom stereocenters. The monoisotopic (exact) mass is 206 g/mol. The third-order valence-corrected chi connectivity index (χ3v) is 4.11. The van der Waals surface area contributed by atoms with Gasteiger partial charge in [-0.05, 0) is 29.9 Å². The molecule has 0 spiro atoms.